The molecule has 5 heteroatoms. The van der Waals surface area contributed by atoms with Crippen molar-refractivity contribution < 1.29 is 0 Å². The van der Waals surface area contributed by atoms with E-state index in [0.717, 1.165) is 18.0 Å². The molecule has 0 bridgehead atoms. The zero-order valence-electron chi connectivity index (χ0n) is 12.6. The van der Waals surface area contributed by atoms with E-state index in [1.165, 1.54) is 18.5 Å². The molecular formula is C18H17Cl2N3. The van der Waals surface area contributed by atoms with Gasteiger partial charge in [-0.15, -0.1) is 0 Å². The van der Waals surface area contributed by atoms with Gasteiger partial charge in [0.25, 0.3) is 0 Å². The summed E-state index contributed by atoms with van der Waals surface area (Å²) < 4.78 is 4.43. The van der Waals surface area contributed by atoms with Crippen LogP contribution in [0.25, 0.3) is 0 Å². The number of hydrogen-bond acceptors (Lipinski definition) is 1. The van der Waals surface area contributed by atoms with Crippen molar-refractivity contribution in [1.29, 1.82) is 0 Å². The fourth-order valence-electron chi connectivity index (χ4n) is 3.04. The zero-order chi connectivity index (χ0) is 15.8. The Morgan fingerprint density at radius 1 is 1.17 bits per heavy atom. The predicted molar refractivity (Wildman–Crippen MR) is 93.1 cm³/mol. The second kappa shape index (κ2) is 6.06. The van der Waals surface area contributed by atoms with E-state index >= 15 is 0 Å². The van der Waals surface area contributed by atoms with E-state index in [-0.39, 0.29) is 6.04 Å². The molecule has 2 aromatic heterocycles. The van der Waals surface area contributed by atoms with Crippen LogP contribution in [0.1, 0.15) is 30.1 Å². The highest BCUT2D eigenvalue weighted by Crippen LogP contribution is 2.36. The van der Waals surface area contributed by atoms with Crippen LogP contribution in [-0.4, -0.2) is 14.1 Å². The first kappa shape index (κ1) is 14.9. The van der Waals surface area contributed by atoms with Crippen LogP contribution in [0, 0.1) is 5.92 Å². The molecule has 1 unspecified atom stereocenters. The van der Waals surface area contributed by atoms with Gasteiger partial charge in [0.15, 0.2) is 0 Å². The Labute approximate surface area is 145 Å². The molecule has 0 N–H and O–H groups in total. The molecule has 1 aliphatic carbocycles. The van der Waals surface area contributed by atoms with Crippen LogP contribution >= 0.6 is 23.2 Å². The van der Waals surface area contributed by atoms with Gasteiger partial charge < -0.3 is 9.13 Å². The number of hydrogen-bond donors (Lipinski definition) is 0. The molecule has 0 amide bonds. The lowest BCUT2D eigenvalue weighted by Crippen LogP contribution is -2.16. The summed E-state index contributed by atoms with van der Waals surface area (Å²) in [6.45, 7) is 1.07. The van der Waals surface area contributed by atoms with Gasteiger partial charge in [0.05, 0.1) is 6.33 Å². The maximum atomic E-state index is 6.50. The van der Waals surface area contributed by atoms with Crippen LogP contribution in [0.2, 0.25) is 10.0 Å². The van der Waals surface area contributed by atoms with Crippen LogP contribution in [0.5, 0.6) is 0 Å². The molecule has 1 saturated carbocycles. The average Bonchev–Trinajstić information content (AvgIpc) is 2.99. The minimum atomic E-state index is -0.00369. The molecule has 4 rings (SSSR count). The third-order valence-corrected chi connectivity index (χ3v) is 4.94. The summed E-state index contributed by atoms with van der Waals surface area (Å²) in [7, 11) is 0. The summed E-state index contributed by atoms with van der Waals surface area (Å²) in [5, 5.41) is 1.33. The minimum absolute atomic E-state index is 0.00369. The molecule has 23 heavy (non-hydrogen) atoms. The Morgan fingerprint density at radius 2 is 2.04 bits per heavy atom. The Kier molecular flexibility index (Phi) is 3.92. The topological polar surface area (TPSA) is 22.8 Å². The molecule has 0 radical (unpaired) electrons. The monoisotopic (exact) mass is 345 g/mol. The number of nitrogens with zero attached hydrogens (tertiary/aromatic N) is 3. The van der Waals surface area contributed by atoms with Crippen molar-refractivity contribution in [3.63, 3.8) is 0 Å². The van der Waals surface area contributed by atoms with Crippen molar-refractivity contribution in [3.05, 3.63) is 76.6 Å². The van der Waals surface area contributed by atoms with Gasteiger partial charge in [-0.05, 0) is 48.6 Å². The second-order valence-electron chi connectivity index (χ2n) is 6.11. The highest BCUT2D eigenvalue weighted by atomic mass is 35.5. The summed E-state index contributed by atoms with van der Waals surface area (Å²) >= 11 is 12.6. The van der Waals surface area contributed by atoms with Gasteiger partial charge >= 0.3 is 0 Å². The lowest BCUT2D eigenvalue weighted by molar-refractivity contribution is 0.555. The van der Waals surface area contributed by atoms with Crippen LogP contribution in [0.15, 0.2) is 55.2 Å². The zero-order valence-corrected chi connectivity index (χ0v) is 14.1. The summed E-state index contributed by atoms with van der Waals surface area (Å²) in [5.74, 6) is 0.810. The molecule has 3 nitrogen and oxygen atoms in total. The van der Waals surface area contributed by atoms with E-state index < -0.39 is 0 Å². The molecule has 0 aliphatic heterocycles. The van der Waals surface area contributed by atoms with E-state index in [2.05, 4.69) is 32.4 Å². The highest BCUT2D eigenvalue weighted by Gasteiger charge is 2.26. The number of rotatable bonds is 5. The number of imidazole rings is 1. The van der Waals surface area contributed by atoms with Gasteiger partial charge in [-0.2, -0.15) is 0 Å². The van der Waals surface area contributed by atoms with Crippen molar-refractivity contribution >= 4 is 23.2 Å². The van der Waals surface area contributed by atoms with Gasteiger partial charge in [0.2, 0.25) is 0 Å². The van der Waals surface area contributed by atoms with E-state index in [9.17, 15) is 0 Å². The fourth-order valence-corrected chi connectivity index (χ4v) is 3.55. The van der Waals surface area contributed by atoms with Crippen LogP contribution < -0.4 is 0 Å². The van der Waals surface area contributed by atoms with Crippen molar-refractivity contribution in [2.75, 3.05) is 0 Å². The van der Waals surface area contributed by atoms with Crippen molar-refractivity contribution in [3.8, 4) is 0 Å². The van der Waals surface area contributed by atoms with Gasteiger partial charge in [-0.1, -0.05) is 29.3 Å². The van der Waals surface area contributed by atoms with Crippen LogP contribution in [-0.2, 0) is 6.54 Å². The lowest BCUT2D eigenvalue weighted by Gasteiger charge is -2.23. The first-order valence-corrected chi connectivity index (χ1v) is 8.55. The summed E-state index contributed by atoms with van der Waals surface area (Å²) in [6.07, 6.45) is 10.4. The predicted octanol–water partition coefficient (Wildman–Crippen LogP) is 5.04. The van der Waals surface area contributed by atoms with E-state index in [0.29, 0.717) is 10.0 Å². The third-order valence-electron chi connectivity index (χ3n) is 4.38. The molecular weight excluding hydrogens is 329 g/mol. The van der Waals surface area contributed by atoms with Gasteiger partial charge in [-0.3, -0.25) is 0 Å². The van der Waals surface area contributed by atoms with Crippen LogP contribution in [0.4, 0.5) is 0 Å². The van der Waals surface area contributed by atoms with Gasteiger partial charge in [0.1, 0.15) is 6.04 Å². The SMILES string of the molecule is Clc1ccc(C(c2cccn2CC2CC2)n2ccnc2)c(Cl)c1. The molecule has 1 aliphatic rings. The average molecular weight is 346 g/mol. The Morgan fingerprint density at radius 3 is 2.74 bits per heavy atom. The smallest absolute Gasteiger partial charge is 0.101 e. The van der Waals surface area contributed by atoms with Crippen molar-refractivity contribution in [2.45, 2.75) is 25.4 Å². The molecule has 0 saturated heterocycles. The van der Waals surface area contributed by atoms with Crippen molar-refractivity contribution in [2.24, 2.45) is 5.92 Å². The van der Waals surface area contributed by atoms with Crippen LogP contribution in [0.3, 0.4) is 0 Å². The molecule has 1 aromatic carbocycles. The van der Waals surface area contributed by atoms with E-state index in [1.807, 2.05) is 24.7 Å². The Balaban J connectivity index is 1.81. The molecule has 1 fully saturated rings. The molecule has 118 valence electrons. The number of aromatic nitrogens is 3. The molecule has 2 heterocycles. The van der Waals surface area contributed by atoms with Gasteiger partial charge in [0, 0.05) is 40.9 Å². The number of halogens is 2. The summed E-state index contributed by atoms with van der Waals surface area (Å²) in [4.78, 5) is 4.21. The quantitative estimate of drug-likeness (QED) is 0.635. The first-order valence-electron chi connectivity index (χ1n) is 7.80. The van der Waals surface area contributed by atoms with E-state index in [4.69, 9.17) is 23.2 Å². The molecule has 0 spiro atoms. The fraction of sp³-hybridized carbons (Fsp3) is 0.278. The molecule has 3 aromatic rings. The maximum absolute atomic E-state index is 6.50. The lowest BCUT2D eigenvalue weighted by atomic mass is 10.0. The Bertz CT molecular complexity index is 804. The standard InChI is InChI=1S/C18H17Cl2N3/c19-14-5-6-15(16(20)10-14)18(23-9-7-21-12-23)17-2-1-8-22(17)11-13-3-4-13/h1-2,5-10,12-13,18H,3-4,11H2. The van der Waals surface area contributed by atoms with E-state index in [1.54, 1.807) is 12.3 Å². The maximum Gasteiger partial charge on any atom is 0.101 e. The number of benzene rings is 1. The second-order valence-corrected chi connectivity index (χ2v) is 6.95. The van der Waals surface area contributed by atoms with Gasteiger partial charge in [-0.25, -0.2) is 4.98 Å². The normalized spacial score (nSPS) is 15.7. The minimum Gasteiger partial charge on any atom is -0.349 e. The summed E-state index contributed by atoms with van der Waals surface area (Å²) in [5.41, 5.74) is 2.25. The van der Waals surface area contributed by atoms with Crippen molar-refractivity contribution in [1.82, 2.24) is 14.1 Å². The molecule has 1 atom stereocenters. The largest absolute Gasteiger partial charge is 0.349 e. The Hall–Kier alpha value is -1.71. The third kappa shape index (κ3) is 3.04. The highest BCUT2D eigenvalue weighted by molar-refractivity contribution is 6.35. The summed E-state index contributed by atoms with van der Waals surface area (Å²) in [6, 6.07) is 9.96. The first-order chi connectivity index (χ1) is 11.2.